The minimum Gasteiger partial charge on any atom is -0.469 e. The Hall–Kier alpha value is -1.76. The van der Waals surface area contributed by atoms with Gasteiger partial charge in [0.05, 0.1) is 29.5 Å². The summed E-state index contributed by atoms with van der Waals surface area (Å²) in [6.07, 6.45) is 3.73. The summed E-state index contributed by atoms with van der Waals surface area (Å²) in [7, 11) is -2.94. The fourth-order valence-electron chi connectivity index (χ4n) is 2.76. The Morgan fingerprint density at radius 1 is 1.48 bits per heavy atom. The predicted octanol–water partition coefficient (Wildman–Crippen LogP) is 1.51. The van der Waals surface area contributed by atoms with Gasteiger partial charge in [-0.25, -0.2) is 13.1 Å². The van der Waals surface area contributed by atoms with Crippen molar-refractivity contribution in [2.45, 2.75) is 32.2 Å². The molecule has 1 aliphatic rings. The second-order valence-electron chi connectivity index (χ2n) is 5.54. The summed E-state index contributed by atoms with van der Waals surface area (Å²) in [5, 5.41) is 4.54. The molecule has 0 radical (unpaired) electrons. The van der Waals surface area contributed by atoms with Crippen molar-refractivity contribution in [1.29, 1.82) is 0 Å². The fraction of sp³-hybridized carbons (Fsp3) is 0.500. The highest BCUT2D eigenvalue weighted by Crippen LogP contribution is 2.28. The number of nitrogens with two attached hydrogens (primary N) is 1. The first kappa shape index (κ1) is 14.2. The van der Waals surface area contributed by atoms with Gasteiger partial charge in [-0.1, -0.05) is 0 Å². The molecule has 1 saturated heterocycles. The number of nitrogens with zero attached hydrogens (tertiary/aromatic N) is 2. The van der Waals surface area contributed by atoms with E-state index in [0.29, 0.717) is 12.2 Å². The lowest BCUT2D eigenvalue weighted by Crippen LogP contribution is -2.15. The standard InChI is InChI=1S/C14H19N3O3S/c1-10-13(5-4-12-3-2-7-20-12)16-17(14(10)15)11-6-8-21(18,19)9-11/h2-3,7,11H,4-6,8-9,15H2,1H3. The van der Waals surface area contributed by atoms with Crippen LogP contribution in [0.1, 0.15) is 29.5 Å². The number of sulfone groups is 1. The van der Waals surface area contributed by atoms with Gasteiger partial charge in [-0.3, -0.25) is 0 Å². The molecule has 0 amide bonds. The monoisotopic (exact) mass is 309 g/mol. The number of hydrogen-bond acceptors (Lipinski definition) is 5. The fourth-order valence-corrected chi connectivity index (χ4v) is 4.45. The highest BCUT2D eigenvalue weighted by Gasteiger charge is 2.31. The molecule has 6 nitrogen and oxygen atoms in total. The van der Waals surface area contributed by atoms with Crippen LogP contribution in [0.15, 0.2) is 22.8 Å². The molecule has 3 rings (SSSR count). The zero-order valence-electron chi connectivity index (χ0n) is 11.9. The molecule has 1 unspecified atom stereocenters. The van der Waals surface area contributed by atoms with E-state index in [0.717, 1.165) is 29.9 Å². The molecular weight excluding hydrogens is 290 g/mol. The molecule has 114 valence electrons. The number of nitrogen functional groups attached to an aromatic ring is 1. The molecule has 0 aliphatic carbocycles. The number of rotatable bonds is 4. The van der Waals surface area contributed by atoms with Crippen LogP contribution in [0.3, 0.4) is 0 Å². The van der Waals surface area contributed by atoms with Crippen molar-refractivity contribution < 1.29 is 12.8 Å². The topological polar surface area (TPSA) is 91.1 Å². The summed E-state index contributed by atoms with van der Waals surface area (Å²) < 4.78 is 30.2. The largest absolute Gasteiger partial charge is 0.469 e. The Balaban J connectivity index is 1.79. The van der Waals surface area contributed by atoms with Crippen LogP contribution in [-0.2, 0) is 22.7 Å². The molecule has 1 aliphatic heterocycles. The lowest BCUT2D eigenvalue weighted by molar-refractivity contribution is 0.493. The maximum atomic E-state index is 11.6. The third-order valence-electron chi connectivity index (χ3n) is 4.03. The zero-order valence-corrected chi connectivity index (χ0v) is 12.8. The second-order valence-corrected chi connectivity index (χ2v) is 7.77. The molecular formula is C14H19N3O3S. The van der Waals surface area contributed by atoms with Crippen molar-refractivity contribution in [2.24, 2.45) is 0 Å². The maximum absolute atomic E-state index is 11.6. The Morgan fingerprint density at radius 3 is 2.90 bits per heavy atom. The molecule has 1 atom stereocenters. The van der Waals surface area contributed by atoms with Gasteiger partial charge in [-0.2, -0.15) is 5.10 Å². The number of aryl methyl sites for hydroxylation is 2. The van der Waals surface area contributed by atoms with Crippen molar-refractivity contribution >= 4 is 15.7 Å². The van der Waals surface area contributed by atoms with Crippen LogP contribution in [0.5, 0.6) is 0 Å². The average Bonchev–Trinajstić information content (AvgIpc) is 3.12. The predicted molar refractivity (Wildman–Crippen MR) is 79.8 cm³/mol. The molecule has 3 heterocycles. The van der Waals surface area contributed by atoms with Crippen LogP contribution >= 0.6 is 0 Å². The summed E-state index contributed by atoms with van der Waals surface area (Å²) >= 11 is 0. The van der Waals surface area contributed by atoms with Gasteiger partial charge in [-0.15, -0.1) is 0 Å². The first-order chi connectivity index (χ1) is 9.96. The van der Waals surface area contributed by atoms with E-state index in [-0.39, 0.29) is 17.5 Å². The van der Waals surface area contributed by atoms with Gasteiger partial charge in [0.25, 0.3) is 0 Å². The summed E-state index contributed by atoms with van der Waals surface area (Å²) in [6.45, 7) is 1.93. The van der Waals surface area contributed by atoms with E-state index in [9.17, 15) is 8.42 Å². The van der Waals surface area contributed by atoms with E-state index in [1.807, 2.05) is 19.1 Å². The van der Waals surface area contributed by atoms with Gasteiger partial charge in [0.1, 0.15) is 11.6 Å². The number of aromatic nitrogens is 2. The summed E-state index contributed by atoms with van der Waals surface area (Å²) in [4.78, 5) is 0. The molecule has 0 bridgehead atoms. The Labute approximate surface area is 123 Å². The normalized spacial score (nSPS) is 20.9. The molecule has 21 heavy (non-hydrogen) atoms. The minimum absolute atomic E-state index is 0.133. The highest BCUT2D eigenvalue weighted by molar-refractivity contribution is 7.91. The van der Waals surface area contributed by atoms with Gasteiger partial charge in [0.15, 0.2) is 9.84 Å². The lowest BCUT2D eigenvalue weighted by atomic mass is 10.1. The van der Waals surface area contributed by atoms with Crippen molar-refractivity contribution in [3.05, 3.63) is 35.4 Å². The zero-order chi connectivity index (χ0) is 15.0. The van der Waals surface area contributed by atoms with Crippen molar-refractivity contribution in [3.63, 3.8) is 0 Å². The van der Waals surface area contributed by atoms with Crippen molar-refractivity contribution in [3.8, 4) is 0 Å². The number of anilines is 1. The van der Waals surface area contributed by atoms with Gasteiger partial charge in [0, 0.05) is 12.0 Å². The van der Waals surface area contributed by atoms with E-state index < -0.39 is 9.84 Å². The smallest absolute Gasteiger partial charge is 0.152 e. The average molecular weight is 309 g/mol. The van der Waals surface area contributed by atoms with Gasteiger partial charge < -0.3 is 10.2 Å². The SMILES string of the molecule is Cc1c(CCc2ccco2)nn(C2CCS(=O)(=O)C2)c1N. The van der Waals surface area contributed by atoms with E-state index in [2.05, 4.69) is 5.10 Å². The lowest BCUT2D eigenvalue weighted by Gasteiger charge is -2.10. The quantitative estimate of drug-likeness (QED) is 0.924. The van der Waals surface area contributed by atoms with Crippen LogP contribution in [0, 0.1) is 6.92 Å². The molecule has 0 spiro atoms. The first-order valence-electron chi connectivity index (χ1n) is 7.02. The minimum atomic E-state index is -2.94. The van der Waals surface area contributed by atoms with Crippen molar-refractivity contribution in [1.82, 2.24) is 9.78 Å². The first-order valence-corrected chi connectivity index (χ1v) is 8.84. The van der Waals surface area contributed by atoms with Gasteiger partial charge in [0.2, 0.25) is 0 Å². The Morgan fingerprint density at radius 2 is 2.29 bits per heavy atom. The molecule has 1 fully saturated rings. The van der Waals surface area contributed by atoms with Crippen LogP contribution in [0.4, 0.5) is 5.82 Å². The third-order valence-corrected chi connectivity index (χ3v) is 5.79. The Bertz CT molecular complexity index is 732. The van der Waals surface area contributed by atoms with Crippen LogP contribution in [-0.4, -0.2) is 29.7 Å². The second kappa shape index (κ2) is 5.22. The van der Waals surface area contributed by atoms with Gasteiger partial charge >= 0.3 is 0 Å². The van der Waals surface area contributed by atoms with E-state index >= 15 is 0 Å². The molecule has 2 aromatic rings. The highest BCUT2D eigenvalue weighted by atomic mass is 32.2. The van der Waals surface area contributed by atoms with Crippen LogP contribution in [0.25, 0.3) is 0 Å². The maximum Gasteiger partial charge on any atom is 0.152 e. The summed E-state index contributed by atoms with van der Waals surface area (Å²) in [6, 6.07) is 3.66. The van der Waals surface area contributed by atoms with Gasteiger partial charge in [-0.05, 0) is 31.9 Å². The van der Waals surface area contributed by atoms with Crippen LogP contribution < -0.4 is 5.73 Å². The molecule has 0 saturated carbocycles. The van der Waals surface area contributed by atoms with Crippen molar-refractivity contribution in [2.75, 3.05) is 17.2 Å². The van der Waals surface area contributed by atoms with Crippen LogP contribution in [0.2, 0.25) is 0 Å². The Kier molecular flexibility index (Phi) is 3.52. The van der Waals surface area contributed by atoms with E-state index in [4.69, 9.17) is 10.2 Å². The summed E-state index contributed by atoms with van der Waals surface area (Å²) in [5.41, 5.74) is 7.95. The summed E-state index contributed by atoms with van der Waals surface area (Å²) in [5.74, 6) is 1.84. The van der Waals surface area contributed by atoms with E-state index in [1.165, 1.54) is 0 Å². The molecule has 2 aromatic heterocycles. The number of furan rings is 1. The molecule has 7 heteroatoms. The molecule has 2 N–H and O–H groups in total. The third kappa shape index (κ3) is 2.83. The van der Waals surface area contributed by atoms with E-state index in [1.54, 1.807) is 10.9 Å². The molecule has 0 aromatic carbocycles. The number of hydrogen-bond donors (Lipinski definition) is 1.